The molecule has 2 aliphatic carbocycles. The zero-order valence-electron chi connectivity index (χ0n) is 25.3. The fourth-order valence-corrected chi connectivity index (χ4v) is 6.98. The maximum atomic E-state index is 11.2. The summed E-state index contributed by atoms with van der Waals surface area (Å²) in [6.45, 7) is 13.3. The fraction of sp³-hybridized carbons (Fsp3) is 0.667. The molecule has 0 spiro atoms. The number of aromatic hydroxyl groups is 2. The van der Waals surface area contributed by atoms with Crippen LogP contribution in [-0.2, 0) is 23.7 Å². The Bertz CT molecular complexity index is 982. The van der Waals surface area contributed by atoms with Gasteiger partial charge in [-0.05, 0) is 107 Å². The third-order valence-corrected chi connectivity index (χ3v) is 9.29. The highest BCUT2D eigenvalue weighted by molar-refractivity contribution is 5.50. The van der Waals surface area contributed by atoms with Gasteiger partial charge in [0.2, 0.25) is 0 Å². The number of unbranched alkanes of at least 4 members (excludes halogenated alkanes) is 1. The van der Waals surface area contributed by atoms with E-state index < -0.39 is 0 Å². The second-order valence-electron chi connectivity index (χ2n) is 14.5. The molecule has 0 unspecified atom stereocenters. The Morgan fingerprint density at radius 2 is 0.895 bits per heavy atom. The lowest BCUT2D eigenvalue weighted by Gasteiger charge is -2.28. The van der Waals surface area contributed by atoms with Crippen molar-refractivity contribution in [2.75, 3.05) is 0 Å². The van der Waals surface area contributed by atoms with Gasteiger partial charge in [0.1, 0.15) is 11.5 Å². The summed E-state index contributed by atoms with van der Waals surface area (Å²) in [5.74, 6) is 2.14. The van der Waals surface area contributed by atoms with Gasteiger partial charge in [-0.1, -0.05) is 104 Å². The highest BCUT2D eigenvalue weighted by Gasteiger charge is 2.27. The third-order valence-electron chi connectivity index (χ3n) is 9.29. The molecule has 2 N–H and O–H groups in total. The number of phenolic OH excluding ortho intramolecular Hbond substituents is 2. The molecule has 0 saturated heterocycles. The number of aryl methyl sites for hydroxylation is 2. The van der Waals surface area contributed by atoms with E-state index in [0.29, 0.717) is 23.3 Å². The van der Waals surface area contributed by atoms with Crippen LogP contribution in [0.3, 0.4) is 0 Å². The minimum atomic E-state index is -0.0611. The quantitative estimate of drug-likeness (QED) is 0.358. The van der Waals surface area contributed by atoms with Crippen molar-refractivity contribution in [2.24, 2.45) is 0 Å². The lowest BCUT2D eigenvalue weighted by atomic mass is 9.77. The van der Waals surface area contributed by atoms with E-state index in [2.05, 4.69) is 65.8 Å². The molecule has 2 nitrogen and oxygen atoms in total. The van der Waals surface area contributed by atoms with Crippen LogP contribution in [0, 0.1) is 0 Å². The Morgan fingerprint density at radius 1 is 0.553 bits per heavy atom. The highest BCUT2D eigenvalue weighted by atomic mass is 16.3. The van der Waals surface area contributed by atoms with E-state index in [4.69, 9.17) is 0 Å². The predicted octanol–water partition coefficient (Wildman–Crippen LogP) is 10.4. The van der Waals surface area contributed by atoms with Crippen molar-refractivity contribution in [1.29, 1.82) is 0 Å². The van der Waals surface area contributed by atoms with Crippen molar-refractivity contribution in [1.82, 2.24) is 0 Å². The van der Waals surface area contributed by atoms with Crippen LogP contribution >= 0.6 is 0 Å². The minimum Gasteiger partial charge on any atom is -0.507 e. The first kappa shape index (κ1) is 29.0. The van der Waals surface area contributed by atoms with Crippen LogP contribution in [0.1, 0.15) is 164 Å². The first-order valence-electron chi connectivity index (χ1n) is 15.7. The molecule has 2 aliphatic rings. The second kappa shape index (κ2) is 12.1. The van der Waals surface area contributed by atoms with E-state index in [1.165, 1.54) is 86.5 Å². The Hall–Kier alpha value is -1.96. The molecule has 0 radical (unpaired) electrons. The number of benzene rings is 2. The van der Waals surface area contributed by atoms with Crippen LogP contribution in [0.2, 0.25) is 0 Å². The lowest BCUT2D eigenvalue weighted by molar-refractivity contribution is 0.401. The van der Waals surface area contributed by atoms with E-state index in [0.717, 1.165) is 36.8 Å². The second-order valence-corrected chi connectivity index (χ2v) is 14.5. The maximum absolute atomic E-state index is 11.2. The van der Waals surface area contributed by atoms with E-state index >= 15 is 0 Å². The number of hydrogen-bond acceptors (Lipinski definition) is 2. The molecule has 2 fully saturated rings. The summed E-state index contributed by atoms with van der Waals surface area (Å²) in [6, 6.07) is 9.22. The van der Waals surface area contributed by atoms with Gasteiger partial charge in [-0.2, -0.15) is 0 Å². The molecule has 210 valence electrons. The summed E-state index contributed by atoms with van der Waals surface area (Å²) in [5.41, 5.74) is 7.29. The third kappa shape index (κ3) is 6.97. The largest absolute Gasteiger partial charge is 0.507 e. The van der Waals surface area contributed by atoms with Crippen LogP contribution in [0.25, 0.3) is 0 Å². The summed E-state index contributed by atoms with van der Waals surface area (Å²) in [5, 5.41) is 22.5. The first-order valence-corrected chi connectivity index (χ1v) is 15.7. The molecule has 0 atom stereocenters. The van der Waals surface area contributed by atoms with Gasteiger partial charge in [0.05, 0.1) is 0 Å². The van der Waals surface area contributed by atoms with Crippen LogP contribution in [0.5, 0.6) is 11.5 Å². The van der Waals surface area contributed by atoms with Gasteiger partial charge in [-0.25, -0.2) is 0 Å². The van der Waals surface area contributed by atoms with E-state index in [1.807, 2.05) is 0 Å². The molecular formula is C36H54O2. The summed E-state index contributed by atoms with van der Waals surface area (Å²) >= 11 is 0. The van der Waals surface area contributed by atoms with E-state index in [9.17, 15) is 10.2 Å². The van der Waals surface area contributed by atoms with Crippen LogP contribution in [-0.4, -0.2) is 10.2 Å². The molecule has 0 heterocycles. The molecule has 2 aromatic rings. The molecular weight excluding hydrogens is 464 g/mol. The van der Waals surface area contributed by atoms with Crippen LogP contribution < -0.4 is 0 Å². The average Bonchev–Trinajstić information content (AvgIpc) is 2.87. The van der Waals surface area contributed by atoms with Crippen molar-refractivity contribution in [2.45, 2.75) is 154 Å². The molecule has 2 aromatic carbocycles. The van der Waals surface area contributed by atoms with Crippen molar-refractivity contribution >= 4 is 0 Å². The highest BCUT2D eigenvalue weighted by Crippen LogP contribution is 2.44. The maximum Gasteiger partial charge on any atom is 0.122 e. The summed E-state index contributed by atoms with van der Waals surface area (Å²) < 4.78 is 0. The van der Waals surface area contributed by atoms with Crippen molar-refractivity contribution < 1.29 is 10.2 Å². The molecule has 38 heavy (non-hydrogen) atoms. The first-order chi connectivity index (χ1) is 17.9. The molecule has 0 aliphatic heterocycles. The Kier molecular flexibility index (Phi) is 9.21. The van der Waals surface area contributed by atoms with Crippen molar-refractivity contribution in [3.8, 4) is 11.5 Å². The van der Waals surface area contributed by atoms with Gasteiger partial charge < -0.3 is 10.2 Å². The van der Waals surface area contributed by atoms with Gasteiger partial charge in [-0.15, -0.1) is 0 Å². The van der Waals surface area contributed by atoms with Gasteiger partial charge in [-0.3, -0.25) is 0 Å². The number of hydrogen-bond donors (Lipinski definition) is 2. The summed E-state index contributed by atoms with van der Waals surface area (Å²) in [7, 11) is 0. The van der Waals surface area contributed by atoms with Gasteiger partial charge >= 0.3 is 0 Å². The van der Waals surface area contributed by atoms with E-state index in [-0.39, 0.29) is 10.8 Å². The number of rotatable bonds is 7. The number of phenols is 2. The lowest BCUT2D eigenvalue weighted by Crippen LogP contribution is -2.15. The summed E-state index contributed by atoms with van der Waals surface area (Å²) in [4.78, 5) is 0. The van der Waals surface area contributed by atoms with Crippen molar-refractivity contribution in [3.05, 3.63) is 57.6 Å². The molecule has 0 bridgehead atoms. The minimum absolute atomic E-state index is 0.0611. The molecule has 0 amide bonds. The van der Waals surface area contributed by atoms with Crippen molar-refractivity contribution in [3.63, 3.8) is 0 Å². The standard InChI is InChI=1S/C36H54O2/c1-35(2,3)31-23-25(21-29(33(31)37)27-17-9-7-10-18-27)15-13-14-16-26-22-30(28-19-11-8-12-20-28)34(38)32(24-26)36(4,5)6/h21-24,27-28,37-38H,7-20H2,1-6H3. The Morgan fingerprint density at radius 3 is 1.21 bits per heavy atom. The molecule has 0 aromatic heterocycles. The normalized spacial score (nSPS) is 18.2. The zero-order valence-corrected chi connectivity index (χ0v) is 25.3. The Labute approximate surface area is 233 Å². The summed E-state index contributed by atoms with van der Waals surface area (Å²) in [6.07, 6.45) is 17.0. The van der Waals surface area contributed by atoms with Crippen LogP contribution in [0.15, 0.2) is 24.3 Å². The topological polar surface area (TPSA) is 40.5 Å². The fourth-order valence-electron chi connectivity index (χ4n) is 6.98. The van der Waals surface area contributed by atoms with E-state index in [1.54, 1.807) is 0 Å². The Balaban J connectivity index is 1.50. The van der Waals surface area contributed by atoms with Crippen LogP contribution in [0.4, 0.5) is 0 Å². The van der Waals surface area contributed by atoms with Gasteiger partial charge in [0.15, 0.2) is 0 Å². The molecule has 2 heteroatoms. The average molecular weight is 519 g/mol. The monoisotopic (exact) mass is 518 g/mol. The van der Waals surface area contributed by atoms with Gasteiger partial charge in [0.25, 0.3) is 0 Å². The van der Waals surface area contributed by atoms with Gasteiger partial charge in [0, 0.05) is 0 Å². The predicted molar refractivity (Wildman–Crippen MR) is 162 cm³/mol. The molecule has 4 rings (SSSR count). The SMILES string of the molecule is CC(C)(C)c1cc(CCCCc2cc(C3CCCCC3)c(O)c(C(C)(C)C)c2)cc(C2CCCCC2)c1O. The zero-order chi connectivity index (χ0) is 27.5. The molecule has 2 saturated carbocycles. The smallest absolute Gasteiger partial charge is 0.122 e.